The SMILES string of the molecule is Cn1cc(C(=O)NCC2CCN(C(=O)c3ccc(OC4CCCC4)cc3)CC2)cn1. The lowest BCUT2D eigenvalue weighted by atomic mass is 9.96. The number of nitrogens with zero attached hydrogens (tertiary/aromatic N) is 3. The van der Waals surface area contributed by atoms with Gasteiger partial charge in [-0.25, -0.2) is 0 Å². The van der Waals surface area contributed by atoms with E-state index < -0.39 is 0 Å². The van der Waals surface area contributed by atoms with E-state index in [-0.39, 0.29) is 11.8 Å². The van der Waals surface area contributed by atoms with Crippen molar-refractivity contribution in [2.45, 2.75) is 44.6 Å². The van der Waals surface area contributed by atoms with Crippen molar-refractivity contribution in [3.05, 3.63) is 47.8 Å². The molecule has 2 amide bonds. The number of piperidine rings is 1. The van der Waals surface area contributed by atoms with Crippen LogP contribution in [0.3, 0.4) is 0 Å². The normalized spacial score (nSPS) is 17.8. The van der Waals surface area contributed by atoms with Crippen molar-refractivity contribution in [2.24, 2.45) is 13.0 Å². The Kier molecular flexibility index (Phi) is 6.35. The summed E-state index contributed by atoms with van der Waals surface area (Å²) in [6, 6.07) is 7.55. The quantitative estimate of drug-likeness (QED) is 0.794. The number of nitrogens with one attached hydrogen (secondary N) is 1. The third kappa shape index (κ3) is 5.01. The Balaban J connectivity index is 1.22. The van der Waals surface area contributed by atoms with Crippen molar-refractivity contribution in [1.82, 2.24) is 20.0 Å². The van der Waals surface area contributed by atoms with Crippen LogP contribution in [-0.2, 0) is 7.05 Å². The molecule has 0 bridgehead atoms. The average Bonchev–Trinajstić information content (AvgIpc) is 3.44. The summed E-state index contributed by atoms with van der Waals surface area (Å²) in [5.41, 5.74) is 1.28. The number of carbonyl (C=O) groups is 2. The first-order valence-corrected chi connectivity index (χ1v) is 10.9. The number of rotatable bonds is 6. The molecule has 1 N–H and O–H groups in total. The van der Waals surface area contributed by atoms with E-state index in [9.17, 15) is 9.59 Å². The number of aromatic nitrogens is 2. The Hall–Kier alpha value is -2.83. The summed E-state index contributed by atoms with van der Waals surface area (Å²) in [4.78, 5) is 26.9. The van der Waals surface area contributed by atoms with Gasteiger partial charge in [0.05, 0.1) is 17.9 Å². The lowest BCUT2D eigenvalue weighted by Crippen LogP contribution is -2.41. The number of hydrogen-bond acceptors (Lipinski definition) is 4. The second-order valence-corrected chi connectivity index (χ2v) is 8.40. The van der Waals surface area contributed by atoms with Crippen LogP contribution in [0.4, 0.5) is 0 Å². The molecule has 0 radical (unpaired) electrons. The predicted molar refractivity (Wildman–Crippen MR) is 113 cm³/mol. The summed E-state index contributed by atoms with van der Waals surface area (Å²) in [7, 11) is 1.79. The van der Waals surface area contributed by atoms with Gasteiger partial charge in [-0.1, -0.05) is 0 Å². The van der Waals surface area contributed by atoms with E-state index in [0.29, 0.717) is 42.8 Å². The first-order chi connectivity index (χ1) is 14.6. The molecule has 0 atom stereocenters. The molecule has 1 aromatic carbocycles. The molecular weight excluding hydrogens is 380 g/mol. The van der Waals surface area contributed by atoms with Crippen LogP contribution in [0.2, 0.25) is 0 Å². The van der Waals surface area contributed by atoms with E-state index in [1.165, 1.54) is 12.8 Å². The minimum absolute atomic E-state index is 0.0697. The standard InChI is InChI=1S/C23H30N4O3/c1-26-16-19(15-25-26)22(28)24-14-17-10-12-27(13-11-17)23(29)18-6-8-21(9-7-18)30-20-4-2-3-5-20/h6-9,15-17,20H,2-5,10-14H2,1H3,(H,24,28). The van der Waals surface area contributed by atoms with Crippen LogP contribution >= 0.6 is 0 Å². The molecular formula is C23H30N4O3. The van der Waals surface area contributed by atoms with Crippen molar-refractivity contribution in [2.75, 3.05) is 19.6 Å². The van der Waals surface area contributed by atoms with Crippen molar-refractivity contribution in [3.8, 4) is 5.75 Å². The Bertz CT molecular complexity index is 863. The van der Waals surface area contributed by atoms with Gasteiger partial charge in [0.25, 0.3) is 11.8 Å². The van der Waals surface area contributed by atoms with E-state index in [0.717, 1.165) is 31.4 Å². The fourth-order valence-corrected chi connectivity index (χ4v) is 4.28. The first kappa shape index (κ1) is 20.4. The fourth-order valence-electron chi connectivity index (χ4n) is 4.28. The highest BCUT2D eigenvalue weighted by atomic mass is 16.5. The average molecular weight is 411 g/mol. The maximum atomic E-state index is 12.8. The Morgan fingerprint density at radius 2 is 1.77 bits per heavy atom. The predicted octanol–water partition coefficient (Wildman–Crippen LogP) is 3.02. The maximum absolute atomic E-state index is 12.8. The molecule has 7 heteroatoms. The zero-order chi connectivity index (χ0) is 20.9. The van der Waals surface area contributed by atoms with Crippen LogP contribution in [0.15, 0.2) is 36.7 Å². The molecule has 30 heavy (non-hydrogen) atoms. The molecule has 1 aromatic heterocycles. The highest BCUT2D eigenvalue weighted by molar-refractivity contribution is 5.94. The number of likely N-dealkylation sites (tertiary alicyclic amines) is 1. The van der Waals surface area contributed by atoms with Crippen molar-refractivity contribution < 1.29 is 14.3 Å². The van der Waals surface area contributed by atoms with Crippen molar-refractivity contribution in [3.63, 3.8) is 0 Å². The molecule has 7 nitrogen and oxygen atoms in total. The number of amides is 2. The number of carbonyl (C=O) groups excluding carboxylic acids is 2. The summed E-state index contributed by atoms with van der Waals surface area (Å²) >= 11 is 0. The highest BCUT2D eigenvalue weighted by Crippen LogP contribution is 2.25. The van der Waals surface area contributed by atoms with Crippen molar-refractivity contribution in [1.29, 1.82) is 0 Å². The fraction of sp³-hybridized carbons (Fsp3) is 0.522. The molecule has 1 aliphatic heterocycles. The second kappa shape index (κ2) is 9.32. The van der Waals surface area contributed by atoms with E-state index in [1.54, 1.807) is 24.1 Å². The Morgan fingerprint density at radius 3 is 2.40 bits per heavy atom. The number of benzene rings is 1. The molecule has 1 saturated carbocycles. The summed E-state index contributed by atoms with van der Waals surface area (Å²) in [6.07, 6.45) is 10.1. The van der Waals surface area contributed by atoms with Gasteiger partial charge in [-0.2, -0.15) is 5.10 Å². The molecule has 160 valence electrons. The van der Waals surface area contributed by atoms with Gasteiger partial charge >= 0.3 is 0 Å². The van der Waals surface area contributed by atoms with Gasteiger partial charge in [-0.05, 0) is 68.7 Å². The molecule has 0 spiro atoms. The highest BCUT2D eigenvalue weighted by Gasteiger charge is 2.24. The largest absolute Gasteiger partial charge is 0.490 e. The maximum Gasteiger partial charge on any atom is 0.254 e. The van der Waals surface area contributed by atoms with Crippen LogP contribution in [-0.4, -0.2) is 52.2 Å². The van der Waals surface area contributed by atoms with E-state index in [1.807, 2.05) is 29.2 Å². The molecule has 1 saturated heterocycles. The zero-order valence-corrected chi connectivity index (χ0v) is 17.5. The summed E-state index contributed by atoms with van der Waals surface area (Å²) in [6.45, 7) is 2.06. The van der Waals surface area contributed by atoms with Gasteiger partial charge in [0.1, 0.15) is 5.75 Å². The smallest absolute Gasteiger partial charge is 0.254 e. The lowest BCUT2D eigenvalue weighted by Gasteiger charge is -2.32. The molecule has 4 rings (SSSR count). The number of hydrogen-bond donors (Lipinski definition) is 1. The van der Waals surface area contributed by atoms with Crippen LogP contribution in [0.1, 0.15) is 59.2 Å². The lowest BCUT2D eigenvalue weighted by molar-refractivity contribution is 0.0684. The summed E-state index contributed by atoms with van der Waals surface area (Å²) in [5, 5.41) is 7.01. The van der Waals surface area contributed by atoms with Gasteiger partial charge in [0.15, 0.2) is 0 Å². The minimum Gasteiger partial charge on any atom is -0.490 e. The van der Waals surface area contributed by atoms with Crippen LogP contribution in [0, 0.1) is 5.92 Å². The van der Waals surface area contributed by atoms with Gasteiger partial charge in [0.2, 0.25) is 0 Å². The van der Waals surface area contributed by atoms with Gasteiger partial charge in [-0.3, -0.25) is 14.3 Å². The van der Waals surface area contributed by atoms with Crippen LogP contribution in [0.25, 0.3) is 0 Å². The van der Waals surface area contributed by atoms with Crippen LogP contribution in [0.5, 0.6) is 5.75 Å². The number of ether oxygens (including phenoxy) is 1. The summed E-state index contributed by atoms with van der Waals surface area (Å²) < 4.78 is 7.60. The molecule has 2 aliphatic rings. The van der Waals surface area contributed by atoms with Crippen LogP contribution < -0.4 is 10.1 Å². The monoisotopic (exact) mass is 410 g/mol. The zero-order valence-electron chi connectivity index (χ0n) is 17.5. The molecule has 2 heterocycles. The van der Waals surface area contributed by atoms with E-state index in [4.69, 9.17) is 4.74 Å². The summed E-state index contributed by atoms with van der Waals surface area (Å²) in [5.74, 6) is 1.21. The Morgan fingerprint density at radius 1 is 1.07 bits per heavy atom. The van der Waals surface area contributed by atoms with Gasteiger partial charge in [0, 0.05) is 38.4 Å². The molecule has 2 fully saturated rings. The van der Waals surface area contributed by atoms with Crippen molar-refractivity contribution >= 4 is 11.8 Å². The molecule has 2 aromatic rings. The Labute approximate surface area is 177 Å². The topological polar surface area (TPSA) is 76.5 Å². The molecule has 1 aliphatic carbocycles. The van der Waals surface area contributed by atoms with Gasteiger partial charge < -0.3 is 15.0 Å². The third-order valence-corrected chi connectivity index (χ3v) is 6.13. The van der Waals surface area contributed by atoms with E-state index in [2.05, 4.69) is 10.4 Å². The second-order valence-electron chi connectivity index (χ2n) is 8.40. The van der Waals surface area contributed by atoms with Gasteiger partial charge in [-0.15, -0.1) is 0 Å². The minimum atomic E-state index is -0.0958. The number of aryl methyl sites for hydroxylation is 1. The first-order valence-electron chi connectivity index (χ1n) is 10.9. The third-order valence-electron chi connectivity index (χ3n) is 6.13. The molecule has 0 unspecified atom stereocenters. The van der Waals surface area contributed by atoms with E-state index >= 15 is 0 Å².